The van der Waals surface area contributed by atoms with Crippen molar-refractivity contribution >= 4 is 16.9 Å². The molecule has 3 N–H and O–H groups in total. The molecule has 39 heavy (non-hydrogen) atoms. The molecule has 10 nitrogen and oxygen atoms in total. The molecule has 1 amide bonds. The van der Waals surface area contributed by atoms with Gasteiger partial charge >= 0.3 is 0 Å². The van der Waals surface area contributed by atoms with Crippen molar-refractivity contribution in [3.63, 3.8) is 0 Å². The Labute approximate surface area is 222 Å². The van der Waals surface area contributed by atoms with Gasteiger partial charge in [0.25, 0.3) is 5.91 Å². The van der Waals surface area contributed by atoms with Gasteiger partial charge in [0.2, 0.25) is 5.88 Å². The third-order valence-corrected chi connectivity index (χ3v) is 6.21. The van der Waals surface area contributed by atoms with Crippen molar-refractivity contribution < 1.29 is 19.2 Å². The van der Waals surface area contributed by atoms with E-state index in [9.17, 15) is 9.90 Å². The van der Waals surface area contributed by atoms with Gasteiger partial charge in [0, 0.05) is 41.3 Å². The van der Waals surface area contributed by atoms with E-state index in [1.54, 1.807) is 62.1 Å². The number of phenols is 1. The Morgan fingerprint density at radius 2 is 1.92 bits per heavy atom. The van der Waals surface area contributed by atoms with Gasteiger partial charge in [-0.3, -0.25) is 9.78 Å². The monoisotopic (exact) mass is 518 g/mol. The Kier molecular flexibility index (Phi) is 6.18. The van der Waals surface area contributed by atoms with Gasteiger partial charge < -0.3 is 24.7 Å². The van der Waals surface area contributed by atoms with E-state index in [2.05, 4.69) is 30.4 Å². The smallest absolute Gasteiger partial charge is 0.251 e. The molecule has 2 aromatic carbocycles. The molecule has 6 rings (SSSR count). The van der Waals surface area contributed by atoms with Crippen LogP contribution < -0.4 is 10.1 Å². The van der Waals surface area contributed by atoms with Crippen LogP contribution in [0.25, 0.3) is 44.8 Å². The zero-order valence-corrected chi connectivity index (χ0v) is 20.8. The Morgan fingerprint density at radius 1 is 1.03 bits per heavy atom. The SMILES string of the molecule is COc1ncccc1-c1ccc(O)c(-c2nc3ccc(C(=O)NCc4cc(-c5cccnc5)no4)cc3[nH]2)c1. The number of hydrogen-bond donors (Lipinski definition) is 3. The molecule has 0 bridgehead atoms. The fraction of sp³-hybridized carbons (Fsp3) is 0.0690. The third-order valence-electron chi connectivity index (χ3n) is 6.21. The highest BCUT2D eigenvalue weighted by Gasteiger charge is 2.16. The van der Waals surface area contributed by atoms with Crippen LogP contribution in [0.5, 0.6) is 11.6 Å². The predicted octanol–water partition coefficient (Wildman–Crippen LogP) is 4.99. The van der Waals surface area contributed by atoms with Crippen LogP contribution in [-0.2, 0) is 6.54 Å². The predicted molar refractivity (Wildman–Crippen MR) is 144 cm³/mol. The lowest BCUT2D eigenvalue weighted by Crippen LogP contribution is -2.22. The van der Waals surface area contributed by atoms with Crippen LogP contribution in [0.1, 0.15) is 16.1 Å². The Bertz CT molecular complexity index is 1790. The first-order valence-electron chi connectivity index (χ1n) is 12.1. The van der Waals surface area contributed by atoms with Gasteiger partial charge in [-0.15, -0.1) is 0 Å². The second-order valence-corrected chi connectivity index (χ2v) is 8.71. The highest BCUT2D eigenvalue weighted by atomic mass is 16.5. The molecule has 0 saturated carbocycles. The second kappa shape index (κ2) is 10.1. The van der Waals surface area contributed by atoms with E-state index in [0.717, 1.165) is 16.7 Å². The number of carbonyl (C=O) groups excluding carboxylic acids is 1. The summed E-state index contributed by atoms with van der Waals surface area (Å²) in [5, 5.41) is 17.5. The molecule has 4 aromatic heterocycles. The summed E-state index contributed by atoms with van der Waals surface area (Å²) in [5.74, 6) is 1.26. The first kappa shape index (κ1) is 23.9. The van der Waals surface area contributed by atoms with Gasteiger partial charge in [-0.25, -0.2) is 9.97 Å². The molecule has 6 aromatic rings. The van der Waals surface area contributed by atoms with Crippen molar-refractivity contribution in [2.75, 3.05) is 7.11 Å². The van der Waals surface area contributed by atoms with Crippen molar-refractivity contribution in [3.05, 3.63) is 96.6 Å². The minimum Gasteiger partial charge on any atom is -0.507 e. The molecule has 0 aliphatic heterocycles. The van der Waals surface area contributed by atoms with Crippen LogP contribution in [0.2, 0.25) is 0 Å². The summed E-state index contributed by atoms with van der Waals surface area (Å²) in [6, 6.07) is 19.6. The topological polar surface area (TPSA) is 139 Å². The largest absolute Gasteiger partial charge is 0.507 e. The first-order valence-corrected chi connectivity index (χ1v) is 12.1. The van der Waals surface area contributed by atoms with Gasteiger partial charge in [-0.1, -0.05) is 11.2 Å². The third kappa shape index (κ3) is 4.78. The van der Waals surface area contributed by atoms with Crippen LogP contribution in [0.15, 0.2) is 89.8 Å². The molecule has 0 spiro atoms. The number of amides is 1. The van der Waals surface area contributed by atoms with E-state index >= 15 is 0 Å². The van der Waals surface area contributed by atoms with Crippen LogP contribution in [0.3, 0.4) is 0 Å². The summed E-state index contributed by atoms with van der Waals surface area (Å²) in [5.41, 5.74) is 5.34. The minimum atomic E-state index is -0.277. The molecule has 0 unspecified atom stereocenters. The number of rotatable bonds is 7. The summed E-state index contributed by atoms with van der Waals surface area (Å²) >= 11 is 0. The molecule has 0 atom stereocenters. The van der Waals surface area contributed by atoms with Crippen molar-refractivity contribution in [1.82, 2.24) is 30.4 Å². The number of hydrogen-bond acceptors (Lipinski definition) is 8. The zero-order valence-electron chi connectivity index (χ0n) is 20.8. The average Bonchev–Trinajstić information content (AvgIpc) is 3.63. The van der Waals surface area contributed by atoms with E-state index in [0.29, 0.717) is 45.3 Å². The van der Waals surface area contributed by atoms with Gasteiger partial charge in [0.05, 0.1) is 30.3 Å². The van der Waals surface area contributed by atoms with E-state index in [4.69, 9.17) is 9.26 Å². The highest BCUT2D eigenvalue weighted by molar-refractivity contribution is 5.97. The number of phenolic OH excluding ortho intramolecular Hbond substituents is 1. The van der Waals surface area contributed by atoms with Gasteiger partial charge in [0.15, 0.2) is 5.76 Å². The maximum absolute atomic E-state index is 12.9. The molecule has 0 aliphatic carbocycles. The Hall–Kier alpha value is -5.51. The molecule has 192 valence electrons. The molecular formula is C29H22N6O4. The maximum Gasteiger partial charge on any atom is 0.251 e. The van der Waals surface area contributed by atoms with E-state index in [-0.39, 0.29) is 18.2 Å². The number of fused-ring (bicyclic) bond motifs is 1. The van der Waals surface area contributed by atoms with Crippen LogP contribution in [-0.4, -0.2) is 43.2 Å². The number of pyridine rings is 2. The Morgan fingerprint density at radius 3 is 2.77 bits per heavy atom. The summed E-state index contributed by atoms with van der Waals surface area (Å²) < 4.78 is 10.7. The number of nitrogens with one attached hydrogen (secondary N) is 2. The lowest BCUT2D eigenvalue weighted by Gasteiger charge is -2.09. The highest BCUT2D eigenvalue weighted by Crippen LogP contribution is 2.35. The number of imidazole rings is 1. The van der Waals surface area contributed by atoms with E-state index in [1.165, 1.54) is 0 Å². The number of methoxy groups -OCH3 is 1. The zero-order chi connectivity index (χ0) is 26.8. The van der Waals surface area contributed by atoms with Crippen molar-refractivity contribution in [2.45, 2.75) is 6.54 Å². The van der Waals surface area contributed by atoms with Crippen molar-refractivity contribution in [2.24, 2.45) is 0 Å². The average molecular weight is 519 g/mol. The normalized spacial score (nSPS) is 11.0. The molecule has 10 heteroatoms. The number of benzene rings is 2. The molecule has 0 radical (unpaired) electrons. The summed E-state index contributed by atoms with van der Waals surface area (Å²) in [4.78, 5) is 29.0. The number of aromatic amines is 1. The number of ether oxygens (including phenoxy) is 1. The van der Waals surface area contributed by atoms with Gasteiger partial charge in [-0.05, 0) is 60.2 Å². The number of carbonyl (C=O) groups is 1. The maximum atomic E-state index is 12.9. The Balaban J connectivity index is 1.22. The van der Waals surface area contributed by atoms with E-state index < -0.39 is 0 Å². The summed E-state index contributed by atoms with van der Waals surface area (Å²) in [6.45, 7) is 0.177. The molecule has 0 aliphatic rings. The number of aromatic hydroxyl groups is 1. The fourth-order valence-corrected chi connectivity index (χ4v) is 4.26. The second-order valence-electron chi connectivity index (χ2n) is 8.71. The summed E-state index contributed by atoms with van der Waals surface area (Å²) in [6.07, 6.45) is 5.03. The molecule has 0 fully saturated rings. The molecule has 4 heterocycles. The van der Waals surface area contributed by atoms with Crippen molar-refractivity contribution in [3.8, 4) is 45.4 Å². The first-order chi connectivity index (χ1) is 19.1. The lowest BCUT2D eigenvalue weighted by molar-refractivity contribution is 0.0947. The minimum absolute atomic E-state index is 0.0661. The fourth-order valence-electron chi connectivity index (χ4n) is 4.26. The van der Waals surface area contributed by atoms with Crippen molar-refractivity contribution in [1.29, 1.82) is 0 Å². The van der Waals surface area contributed by atoms with Gasteiger partial charge in [0.1, 0.15) is 17.3 Å². The quantitative estimate of drug-likeness (QED) is 0.269. The van der Waals surface area contributed by atoms with Gasteiger partial charge in [-0.2, -0.15) is 0 Å². The van der Waals surface area contributed by atoms with Crippen LogP contribution >= 0.6 is 0 Å². The number of nitrogens with zero attached hydrogens (tertiary/aromatic N) is 4. The van der Waals surface area contributed by atoms with E-state index in [1.807, 2.05) is 30.3 Å². The number of aromatic nitrogens is 5. The molecule has 0 saturated heterocycles. The van der Waals surface area contributed by atoms with Crippen LogP contribution in [0, 0.1) is 0 Å². The standard InChI is InChI=1S/C29H22N6O4/c1-38-29-21(5-3-11-31-29)17-7-9-26(36)22(12-17)27-33-23-8-6-18(13-25(23)34-27)28(37)32-16-20-14-24(35-39-20)19-4-2-10-30-15-19/h2-15,36H,16H2,1H3,(H,32,37)(H,33,34). The number of H-pyrrole nitrogens is 1. The van der Waals surface area contributed by atoms with Crippen LogP contribution in [0.4, 0.5) is 0 Å². The lowest BCUT2D eigenvalue weighted by atomic mass is 10.0. The molecular weight excluding hydrogens is 496 g/mol. The summed E-state index contributed by atoms with van der Waals surface area (Å²) in [7, 11) is 1.56.